The first-order valence-corrected chi connectivity index (χ1v) is 12.4. The molecule has 0 bridgehead atoms. The Bertz CT molecular complexity index is 1150. The predicted octanol–water partition coefficient (Wildman–Crippen LogP) is 4.00. The highest BCUT2D eigenvalue weighted by atomic mass is 32.2. The molecule has 7 nitrogen and oxygen atoms in total. The van der Waals surface area contributed by atoms with Gasteiger partial charge in [0.2, 0.25) is 15.9 Å². The number of methoxy groups -OCH3 is 1. The molecular formula is C25H28N2O5S. The molecule has 0 heterocycles. The summed E-state index contributed by atoms with van der Waals surface area (Å²) in [6.07, 6.45) is 2.59. The van der Waals surface area contributed by atoms with Gasteiger partial charge in [-0.1, -0.05) is 42.5 Å². The number of hydrogen-bond donors (Lipinski definition) is 1. The van der Waals surface area contributed by atoms with Crippen LogP contribution in [-0.2, 0) is 21.2 Å². The first kappa shape index (κ1) is 24.1. The molecule has 0 aliphatic heterocycles. The van der Waals surface area contributed by atoms with Crippen molar-refractivity contribution in [2.75, 3.05) is 30.8 Å². The van der Waals surface area contributed by atoms with Crippen LogP contribution in [0.15, 0.2) is 78.9 Å². The lowest BCUT2D eigenvalue weighted by molar-refractivity contribution is -0.119. The van der Waals surface area contributed by atoms with Gasteiger partial charge in [0.1, 0.15) is 18.0 Å². The van der Waals surface area contributed by atoms with Crippen LogP contribution >= 0.6 is 0 Å². The number of anilines is 1. The lowest BCUT2D eigenvalue weighted by Gasteiger charge is -2.24. The number of nitrogens with zero attached hydrogens (tertiary/aromatic N) is 1. The van der Waals surface area contributed by atoms with Gasteiger partial charge in [-0.2, -0.15) is 0 Å². The van der Waals surface area contributed by atoms with E-state index in [-0.39, 0.29) is 12.5 Å². The minimum absolute atomic E-state index is 0.303. The fourth-order valence-electron chi connectivity index (χ4n) is 3.24. The Morgan fingerprint density at radius 3 is 2.24 bits per heavy atom. The highest BCUT2D eigenvalue weighted by Crippen LogP contribution is 2.33. The van der Waals surface area contributed by atoms with Gasteiger partial charge in [0.15, 0.2) is 5.75 Å². The molecule has 33 heavy (non-hydrogen) atoms. The van der Waals surface area contributed by atoms with E-state index in [4.69, 9.17) is 9.47 Å². The largest absolute Gasteiger partial charge is 0.497 e. The van der Waals surface area contributed by atoms with E-state index < -0.39 is 10.0 Å². The number of rotatable bonds is 11. The molecular weight excluding hydrogens is 440 g/mol. The van der Waals surface area contributed by atoms with Crippen molar-refractivity contribution >= 4 is 21.6 Å². The number of para-hydroxylation sites is 3. The number of ether oxygens (including phenoxy) is 2. The fraction of sp³-hybridized carbons (Fsp3) is 0.240. The van der Waals surface area contributed by atoms with E-state index >= 15 is 0 Å². The van der Waals surface area contributed by atoms with Gasteiger partial charge in [0.25, 0.3) is 0 Å². The first-order valence-electron chi connectivity index (χ1n) is 10.6. The van der Waals surface area contributed by atoms with Gasteiger partial charge in [-0.05, 0) is 54.8 Å². The maximum atomic E-state index is 12.6. The summed E-state index contributed by atoms with van der Waals surface area (Å²) in [7, 11) is -2.11. The second-order valence-corrected chi connectivity index (χ2v) is 9.36. The Labute approximate surface area is 195 Å². The summed E-state index contributed by atoms with van der Waals surface area (Å²) in [5, 5.41) is 2.81. The Kier molecular flexibility index (Phi) is 8.32. The maximum Gasteiger partial charge on any atom is 0.240 e. The number of sulfonamides is 1. The van der Waals surface area contributed by atoms with Crippen LogP contribution in [0.1, 0.15) is 12.0 Å². The average molecular weight is 469 g/mol. The molecule has 3 aromatic rings. The molecule has 0 aliphatic carbocycles. The number of aryl methyl sites for hydroxylation is 1. The Morgan fingerprint density at radius 1 is 0.909 bits per heavy atom. The van der Waals surface area contributed by atoms with Crippen LogP contribution in [0.5, 0.6) is 17.2 Å². The van der Waals surface area contributed by atoms with Crippen LogP contribution < -0.4 is 19.1 Å². The summed E-state index contributed by atoms with van der Waals surface area (Å²) in [4.78, 5) is 12.6. The molecule has 0 saturated heterocycles. The van der Waals surface area contributed by atoms with E-state index in [1.807, 2.05) is 42.5 Å². The highest BCUT2D eigenvalue weighted by Gasteiger charge is 2.24. The van der Waals surface area contributed by atoms with Crippen molar-refractivity contribution in [2.24, 2.45) is 0 Å². The summed E-state index contributed by atoms with van der Waals surface area (Å²) in [6.45, 7) is 0.0984. The summed E-state index contributed by atoms with van der Waals surface area (Å²) >= 11 is 0. The van der Waals surface area contributed by atoms with E-state index in [1.54, 1.807) is 43.5 Å². The number of carbonyl (C=O) groups is 1. The molecule has 3 aromatic carbocycles. The van der Waals surface area contributed by atoms with Gasteiger partial charge < -0.3 is 14.8 Å². The van der Waals surface area contributed by atoms with Gasteiger partial charge in [0.05, 0.1) is 19.1 Å². The van der Waals surface area contributed by atoms with E-state index in [2.05, 4.69) is 5.32 Å². The minimum Gasteiger partial charge on any atom is -0.497 e. The van der Waals surface area contributed by atoms with Crippen LogP contribution in [0, 0.1) is 0 Å². The van der Waals surface area contributed by atoms with Crippen LogP contribution in [0.4, 0.5) is 5.69 Å². The normalized spacial score (nSPS) is 11.0. The number of carbonyl (C=O) groups excluding carboxylic acids is 1. The summed E-state index contributed by atoms with van der Waals surface area (Å²) in [5.41, 5.74) is 1.44. The second-order valence-electron chi connectivity index (χ2n) is 7.45. The zero-order chi connectivity index (χ0) is 23.7. The Balaban J connectivity index is 1.62. The smallest absolute Gasteiger partial charge is 0.240 e. The molecule has 0 atom stereocenters. The van der Waals surface area contributed by atoms with Crippen molar-refractivity contribution in [3.63, 3.8) is 0 Å². The first-order chi connectivity index (χ1) is 15.9. The molecule has 8 heteroatoms. The van der Waals surface area contributed by atoms with Crippen molar-refractivity contribution in [1.82, 2.24) is 5.32 Å². The lowest BCUT2D eigenvalue weighted by atomic mass is 10.1. The van der Waals surface area contributed by atoms with E-state index in [9.17, 15) is 13.2 Å². The van der Waals surface area contributed by atoms with Crippen molar-refractivity contribution < 1.29 is 22.7 Å². The number of amides is 1. The molecule has 3 rings (SSSR count). The topological polar surface area (TPSA) is 84.9 Å². The predicted molar refractivity (Wildman–Crippen MR) is 129 cm³/mol. The molecule has 0 unspecified atom stereocenters. The minimum atomic E-state index is -3.73. The van der Waals surface area contributed by atoms with Crippen molar-refractivity contribution in [1.29, 1.82) is 0 Å². The zero-order valence-corrected chi connectivity index (χ0v) is 19.5. The zero-order valence-electron chi connectivity index (χ0n) is 18.7. The molecule has 0 saturated carbocycles. The molecule has 0 fully saturated rings. The molecule has 1 amide bonds. The molecule has 174 valence electrons. The Morgan fingerprint density at radius 2 is 1.58 bits per heavy atom. The third kappa shape index (κ3) is 7.25. The summed E-state index contributed by atoms with van der Waals surface area (Å²) in [6, 6.07) is 23.6. The quantitative estimate of drug-likeness (QED) is 0.430. The van der Waals surface area contributed by atoms with Gasteiger partial charge >= 0.3 is 0 Å². The molecule has 0 radical (unpaired) electrons. The number of nitrogens with one attached hydrogen (secondary N) is 1. The van der Waals surface area contributed by atoms with Crippen LogP contribution in [0.2, 0.25) is 0 Å². The number of hydrogen-bond acceptors (Lipinski definition) is 5. The van der Waals surface area contributed by atoms with Gasteiger partial charge in [-0.25, -0.2) is 8.42 Å². The van der Waals surface area contributed by atoms with E-state index in [1.165, 1.54) is 0 Å². The Hall–Kier alpha value is -3.52. The van der Waals surface area contributed by atoms with E-state index in [0.717, 1.165) is 34.7 Å². The third-order valence-corrected chi connectivity index (χ3v) is 6.04. The average Bonchev–Trinajstić information content (AvgIpc) is 2.81. The van der Waals surface area contributed by atoms with Crippen LogP contribution in [-0.4, -0.2) is 40.8 Å². The van der Waals surface area contributed by atoms with Crippen LogP contribution in [0.3, 0.4) is 0 Å². The summed E-state index contributed by atoms with van der Waals surface area (Å²) < 4.78 is 37.1. The second kappa shape index (κ2) is 11.4. The fourth-order valence-corrected chi connectivity index (χ4v) is 4.10. The number of benzene rings is 3. The van der Waals surface area contributed by atoms with Crippen molar-refractivity contribution in [3.8, 4) is 17.2 Å². The van der Waals surface area contributed by atoms with Gasteiger partial charge in [-0.3, -0.25) is 9.10 Å². The van der Waals surface area contributed by atoms with E-state index in [0.29, 0.717) is 23.7 Å². The van der Waals surface area contributed by atoms with Crippen molar-refractivity contribution in [3.05, 3.63) is 84.4 Å². The SMILES string of the molecule is COc1ccc(CCCNC(=O)CN(c2ccccc2Oc2ccccc2)S(C)(=O)=O)cc1. The molecule has 0 aromatic heterocycles. The maximum absolute atomic E-state index is 12.6. The molecule has 0 spiro atoms. The third-order valence-electron chi connectivity index (χ3n) is 4.92. The lowest BCUT2D eigenvalue weighted by Crippen LogP contribution is -2.40. The summed E-state index contributed by atoms with van der Waals surface area (Å²) in [5.74, 6) is 1.33. The molecule has 0 aliphatic rings. The van der Waals surface area contributed by atoms with Gasteiger partial charge in [-0.15, -0.1) is 0 Å². The molecule has 1 N–H and O–H groups in total. The van der Waals surface area contributed by atoms with Crippen LogP contribution in [0.25, 0.3) is 0 Å². The van der Waals surface area contributed by atoms with Crippen molar-refractivity contribution in [2.45, 2.75) is 12.8 Å². The monoisotopic (exact) mass is 468 g/mol. The standard InChI is InChI=1S/C25H28N2O5S/c1-31-21-16-14-20(15-17-21)9-8-18-26-25(28)19-27(33(2,29)30)23-12-6-7-13-24(23)32-22-10-4-3-5-11-22/h3-7,10-17H,8-9,18-19H2,1-2H3,(H,26,28). The highest BCUT2D eigenvalue weighted by molar-refractivity contribution is 7.92. The van der Waals surface area contributed by atoms with Gasteiger partial charge in [0, 0.05) is 6.54 Å².